The van der Waals surface area contributed by atoms with Gasteiger partial charge in [-0.05, 0) is 60.0 Å². The molecule has 1 saturated heterocycles. The van der Waals surface area contributed by atoms with Crippen LogP contribution in [0.2, 0.25) is 0 Å². The summed E-state index contributed by atoms with van der Waals surface area (Å²) in [4.78, 5) is 33.5. The summed E-state index contributed by atoms with van der Waals surface area (Å²) in [6.07, 6.45) is 0.978. The quantitative estimate of drug-likeness (QED) is 0.315. The van der Waals surface area contributed by atoms with Crippen LogP contribution in [0.3, 0.4) is 0 Å². The lowest BCUT2D eigenvalue weighted by molar-refractivity contribution is 0.136. The van der Waals surface area contributed by atoms with Crippen molar-refractivity contribution in [2.75, 3.05) is 31.1 Å². The number of ether oxygens (including phenoxy) is 2. The first-order valence-corrected chi connectivity index (χ1v) is 12.1. The molecule has 0 saturated carbocycles. The van der Waals surface area contributed by atoms with Crippen LogP contribution < -0.4 is 26.3 Å². The molecule has 4 aromatic rings. The van der Waals surface area contributed by atoms with Gasteiger partial charge in [0.1, 0.15) is 36.0 Å². The van der Waals surface area contributed by atoms with Crippen LogP contribution in [0.25, 0.3) is 22.4 Å². The van der Waals surface area contributed by atoms with Crippen LogP contribution in [-0.4, -0.2) is 48.4 Å². The van der Waals surface area contributed by atoms with Crippen molar-refractivity contribution in [3.05, 3.63) is 82.8 Å². The second-order valence-electron chi connectivity index (χ2n) is 8.62. The highest BCUT2D eigenvalue weighted by Crippen LogP contribution is 2.25. The predicted octanol–water partition coefficient (Wildman–Crippen LogP) is 3.09. The smallest absolute Gasteiger partial charge is 0.415 e. The average Bonchev–Trinajstić information content (AvgIpc) is 3.30. The van der Waals surface area contributed by atoms with Crippen molar-refractivity contribution in [2.24, 2.45) is 5.73 Å². The van der Waals surface area contributed by atoms with Gasteiger partial charge in [-0.1, -0.05) is 30.3 Å². The van der Waals surface area contributed by atoms with Crippen LogP contribution in [0.5, 0.6) is 5.75 Å². The molecular formula is C27H27N5O5. The molecular weight excluding hydrogens is 474 g/mol. The number of aromatic nitrogens is 2. The van der Waals surface area contributed by atoms with E-state index in [1.165, 1.54) is 4.90 Å². The van der Waals surface area contributed by atoms with Crippen LogP contribution in [-0.2, 0) is 11.3 Å². The SMILES string of the molecule is NCCOc1cccc(-c2cccc(CNCC[C@H]3CN(c4ccc5ncc(=O)oc5n4)C(=O)O3)c2)c1. The van der Waals surface area contributed by atoms with E-state index in [1.807, 2.05) is 24.3 Å². The molecule has 1 fully saturated rings. The van der Waals surface area contributed by atoms with E-state index in [0.717, 1.165) is 28.6 Å². The Balaban J connectivity index is 1.14. The Hall–Kier alpha value is -4.28. The molecule has 3 N–H and O–H groups in total. The fraction of sp³-hybridized carbons (Fsp3) is 0.259. The Bertz CT molecular complexity index is 1460. The summed E-state index contributed by atoms with van der Waals surface area (Å²) in [5.74, 6) is 1.16. The predicted molar refractivity (Wildman–Crippen MR) is 138 cm³/mol. The maximum Gasteiger partial charge on any atom is 0.415 e. The number of rotatable bonds is 10. The van der Waals surface area contributed by atoms with Crippen LogP contribution in [0, 0.1) is 0 Å². The number of nitrogens with two attached hydrogens (primary N) is 1. The minimum Gasteiger partial charge on any atom is -0.492 e. The first-order chi connectivity index (χ1) is 18.1. The summed E-state index contributed by atoms with van der Waals surface area (Å²) in [6, 6.07) is 19.6. The minimum atomic E-state index is -0.597. The van der Waals surface area contributed by atoms with Crippen LogP contribution in [0.4, 0.5) is 10.6 Å². The van der Waals surface area contributed by atoms with Gasteiger partial charge in [-0.3, -0.25) is 4.90 Å². The number of anilines is 1. The van der Waals surface area contributed by atoms with E-state index in [4.69, 9.17) is 19.6 Å². The summed E-state index contributed by atoms with van der Waals surface area (Å²) in [5, 5.41) is 3.42. The van der Waals surface area contributed by atoms with Crippen LogP contribution in [0.1, 0.15) is 12.0 Å². The Morgan fingerprint density at radius 2 is 1.92 bits per heavy atom. The van der Waals surface area contributed by atoms with E-state index in [2.05, 4.69) is 39.6 Å². The number of carbonyl (C=O) groups is 1. The van der Waals surface area contributed by atoms with Crippen molar-refractivity contribution in [2.45, 2.75) is 19.1 Å². The minimum absolute atomic E-state index is 0.0833. The van der Waals surface area contributed by atoms with Gasteiger partial charge < -0.3 is 24.9 Å². The molecule has 5 rings (SSSR count). The molecule has 190 valence electrons. The summed E-state index contributed by atoms with van der Waals surface area (Å²) in [7, 11) is 0. The molecule has 1 atom stereocenters. The molecule has 10 heteroatoms. The molecule has 0 unspecified atom stereocenters. The number of hydrogen-bond donors (Lipinski definition) is 2. The lowest BCUT2D eigenvalue weighted by Gasteiger charge is -2.12. The van der Waals surface area contributed by atoms with E-state index < -0.39 is 11.7 Å². The normalized spacial score (nSPS) is 15.2. The van der Waals surface area contributed by atoms with Gasteiger partial charge in [-0.15, -0.1) is 0 Å². The highest BCUT2D eigenvalue weighted by atomic mass is 16.6. The van der Waals surface area contributed by atoms with Gasteiger partial charge in [-0.2, -0.15) is 4.98 Å². The first-order valence-electron chi connectivity index (χ1n) is 12.1. The first kappa shape index (κ1) is 24.4. The number of benzene rings is 2. The van der Waals surface area contributed by atoms with E-state index in [1.54, 1.807) is 12.1 Å². The molecule has 0 bridgehead atoms. The van der Waals surface area contributed by atoms with Crippen molar-refractivity contribution >= 4 is 23.1 Å². The fourth-order valence-electron chi connectivity index (χ4n) is 4.15. The third-order valence-electron chi connectivity index (χ3n) is 5.94. The number of fused-ring (bicyclic) bond motifs is 1. The second kappa shape index (κ2) is 11.2. The molecule has 10 nitrogen and oxygen atoms in total. The molecule has 0 spiro atoms. The Morgan fingerprint density at radius 1 is 1.08 bits per heavy atom. The molecule has 2 aromatic carbocycles. The van der Waals surface area contributed by atoms with E-state index in [0.29, 0.717) is 50.5 Å². The van der Waals surface area contributed by atoms with E-state index in [-0.39, 0.29) is 11.8 Å². The summed E-state index contributed by atoms with van der Waals surface area (Å²) in [5.41, 5.74) is 8.78. The molecule has 3 heterocycles. The van der Waals surface area contributed by atoms with Crippen molar-refractivity contribution in [1.82, 2.24) is 15.3 Å². The number of nitrogens with one attached hydrogen (secondary N) is 1. The number of hydrogen-bond acceptors (Lipinski definition) is 9. The zero-order valence-electron chi connectivity index (χ0n) is 20.1. The van der Waals surface area contributed by atoms with Crippen molar-refractivity contribution in [3.63, 3.8) is 0 Å². The Labute approximate surface area is 213 Å². The van der Waals surface area contributed by atoms with Gasteiger partial charge in [0.2, 0.25) is 0 Å². The number of carbonyl (C=O) groups excluding carboxylic acids is 1. The standard InChI is InChI=1S/C27H27N5O5/c28-10-12-35-21-6-2-5-20(14-21)19-4-1-3-18(13-19)15-29-11-9-22-17-32(27(34)36-22)24-8-7-23-26(31-24)37-25(33)16-30-23/h1-8,13-14,16,22,29H,9-12,15,17,28H2/t22-/m0/s1. The Morgan fingerprint density at radius 3 is 2.78 bits per heavy atom. The number of pyridine rings is 1. The third-order valence-corrected chi connectivity index (χ3v) is 5.94. The number of nitrogens with zero attached hydrogens (tertiary/aromatic N) is 3. The fourth-order valence-corrected chi connectivity index (χ4v) is 4.15. The van der Waals surface area contributed by atoms with Gasteiger partial charge in [0.15, 0.2) is 0 Å². The van der Waals surface area contributed by atoms with Gasteiger partial charge in [0.25, 0.3) is 5.71 Å². The largest absolute Gasteiger partial charge is 0.492 e. The van der Waals surface area contributed by atoms with Gasteiger partial charge in [0, 0.05) is 13.1 Å². The topological polar surface area (TPSA) is 133 Å². The maximum absolute atomic E-state index is 12.4. The lowest BCUT2D eigenvalue weighted by Crippen LogP contribution is -2.26. The van der Waals surface area contributed by atoms with Crippen molar-refractivity contribution in [1.29, 1.82) is 0 Å². The molecule has 0 radical (unpaired) electrons. The molecule has 0 aliphatic carbocycles. The molecule has 1 aliphatic heterocycles. The molecule has 37 heavy (non-hydrogen) atoms. The van der Waals surface area contributed by atoms with Crippen LogP contribution >= 0.6 is 0 Å². The maximum atomic E-state index is 12.4. The highest BCUT2D eigenvalue weighted by Gasteiger charge is 2.33. The average molecular weight is 502 g/mol. The number of cyclic esters (lactones) is 1. The molecule has 1 aliphatic rings. The summed E-state index contributed by atoms with van der Waals surface area (Å²) >= 11 is 0. The Kier molecular flexibility index (Phi) is 7.38. The van der Waals surface area contributed by atoms with Gasteiger partial charge in [0.05, 0.1) is 6.54 Å². The second-order valence-corrected chi connectivity index (χ2v) is 8.62. The van der Waals surface area contributed by atoms with Crippen LogP contribution in [0.15, 0.2) is 76.1 Å². The van der Waals surface area contributed by atoms with E-state index in [9.17, 15) is 9.59 Å². The number of amides is 1. The highest BCUT2D eigenvalue weighted by molar-refractivity contribution is 5.89. The monoisotopic (exact) mass is 501 g/mol. The molecule has 1 amide bonds. The van der Waals surface area contributed by atoms with Gasteiger partial charge in [-0.25, -0.2) is 14.6 Å². The van der Waals surface area contributed by atoms with Gasteiger partial charge >= 0.3 is 11.7 Å². The third kappa shape index (κ3) is 5.93. The zero-order chi connectivity index (χ0) is 25.6. The summed E-state index contributed by atoms with van der Waals surface area (Å²) in [6.45, 7) is 2.67. The lowest BCUT2D eigenvalue weighted by atomic mass is 10.0. The zero-order valence-corrected chi connectivity index (χ0v) is 20.1. The van der Waals surface area contributed by atoms with Crippen molar-refractivity contribution in [3.8, 4) is 16.9 Å². The summed E-state index contributed by atoms with van der Waals surface area (Å²) < 4.78 is 16.2. The van der Waals surface area contributed by atoms with Crippen molar-refractivity contribution < 1.29 is 18.7 Å². The molecule has 2 aromatic heterocycles. The van der Waals surface area contributed by atoms with E-state index >= 15 is 0 Å².